The number of halogens is 1. The average Bonchev–Trinajstić information content (AvgIpc) is 2.48. The lowest BCUT2D eigenvalue weighted by Gasteiger charge is -2.34. The molecule has 1 aliphatic rings. The zero-order valence-corrected chi connectivity index (χ0v) is 14.0. The molecule has 0 aliphatic carbocycles. The number of benzene rings is 1. The lowest BCUT2D eigenvalue weighted by Crippen LogP contribution is -2.42. The summed E-state index contributed by atoms with van der Waals surface area (Å²) < 4.78 is 0. The molecule has 1 aromatic rings. The molecule has 1 saturated heterocycles. The van der Waals surface area contributed by atoms with Crippen LogP contribution < -0.4 is 10.6 Å². The SMILES string of the molecule is CC1(CNC(=O)CCSc2ccc(Cl)cc2)CCNCC1. The minimum atomic E-state index is 0.149. The van der Waals surface area contributed by atoms with Crippen LogP contribution in [-0.2, 0) is 4.79 Å². The maximum Gasteiger partial charge on any atom is 0.220 e. The molecule has 0 atom stereocenters. The summed E-state index contributed by atoms with van der Waals surface area (Å²) in [6.45, 7) is 5.16. The third-order valence-electron chi connectivity index (χ3n) is 3.93. The van der Waals surface area contributed by atoms with Gasteiger partial charge in [-0.2, -0.15) is 0 Å². The zero-order chi connectivity index (χ0) is 15.1. The van der Waals surface area contributed by atoms with Crippen LogP contribution in [0.15, 0.2) is 29.2 Å². The highest BCUT2D eigenvalue weighted by atomic mass is 35.5. The summed E-state index contributed by atoms with van der Waals surface area (Å²) in [5.74, 6) is 0.947. The van der Waals surface area contributed by atoms with Gasteiger partial charge in [-0.1, -0.05) is 18.5 Å². The zero-order valence-electron chi connectivity index (χ0n) is 12.5. The molecule has 5 heteroatoms. The number of rotatable bonds is 6. The second-order valence-electron chi connectivity index (χ2n) is 5.89. The number of amides is 1. The molecule has 0 spiro atoms. The van der Waals surface area contributed by atoms with Gasteiger partial charge in [0.15, 0.2) is 0 Å². The maximum atomic E-state index is 11.9. The van der Waals surface area contributed by atoms with E-state index in [2.05, 4.69) is 17.6 Å². The van der Waals surface area contributed by atoms with Crippen LogP contribution in [0.2, 0.25) is 5.02 Å². The monoisotopic (exact) mass is 326 g/mol. The van der Waals surface area contributed by atoms with Crippen molar-refractivity contribution in [3.8, 4) is 0 Å². The molecule has 1 heterocycles. The van der Waals surface area contributed by atoms with E-state index in [1.807, 2.05) is 24.3 Å². The molecule has 2 N–H and O–H groups in total. The molecular formula is C16H23ClN2OS. The van der Waals surface area contributed by atoms with E-state index in [1.165, 1.54) is 0 Å². The predicted molar refractivity (Wildman–Crippen MR) is 90.0 cm³/mol. The van der Waals surface area contributed by atoms with E-state index in [9.17, 15) is 4.79 Å². The Kier molecular flexibility index (Phi) is 6.40. The Morgan fingerprint density at radius 1 is 1.33 bits per heavy atom. The van der Waals surface area contributed by atoms with Crippen LogP contribution in [0.3, 0.4) is 0 Å². The van der Waals surface area contributed by atoms with Crippen molar-refractivity contribution in [1.82, 2.24) is 10.6 Å². The van der Waals surface area contributed by atoms with E-state index in [0.29, 0.717) is 6.42 Å². The number of thioether (sulfide) groups is 1. The summed E-state index contributed by atoms with van der Waals surface area (Å²) >= 11 is 7.53. The first kappa shape index (κ1) is 16.7. The highest BCUT2D eigenvalue weighted by Gasteiger charge is 2.26. The van der Waals surface area contributed by atoms with Gasteiger partial charge in [0.1, 0.15) is 0 Å². The van der Waals surface area contributed by atoms with Gasteiger partial charge in [-0.15, -0.1) is 11.8 Å². The van der Waals surface area contributed by atoms with Crippen molar-refractivity contribution in [3.63, 3.8) is 0 Å². The second kappa shape index (κ2) is 8.06. The summed E-state index contributed by atoms with van der Waals surface area (Å²) in [6, 6.07) is 7.73. The van der Waals surface area contributed by atoms with Gasteiger partial charge < -0.3 is 10.6 Å². The molecule has 1 amide bonds. The molecular weight excluding hydrogens is 304 g/mol. The molecule has 3 nitrogen and oxygen atoms in total. The van der Waals surface area contributed by atoms with Gasteiger partial charge >= 0.3 is 0 Å². The van der Waals surface area contributed by atoms with E-state index in [4.69, 9.17) is 11.6 Å². The topological polar surface area (TPSA) is 41.1 Å². The fourth-order valence-corrected chi connectivity index (χ4v) is 3.38. The average molecular weight is 327 g/mol. The van der Waals surface area contributed by atoms with E-state index in [0.717, 1.165) is 48.1 Å². The van der Waals surface area contributed by atoms with Crippen molar-refractivity contribution >= 4 is 29.3 Å². The van der Waals surface area contributed by atoms with Crippen molar-refractivity contribution in [2.24, 2.45) is 5.41 Å². The molecule has 0 saturated carbocycles. The Morgan fingerprint density at radius 2 is 2.00 bits per heavy atom. The van der Waals surface area contributed by atoms with Crippen LogP contribution in [0, 0.1) is 5.41 Å². The van der Waals surface area contributed by atoms with Crippen molar-refractivity contribution in [2.75, 3.05) is 25.4 Å². The van der Waals surface area contributed by atoms with E-state index < -0.39 is 0 Å². The third-order valence-corrected chi connectivity index (χ3v) is 5.20. The first-order chi connectivity index (χ1) is 10.1. The Labute approximate surface area is 136 Å². The van der Waals surface area contributed by atoms with Crippen LogP contribution in [0.4, 0.5) is 0 Å². The predicted octanol–water partition coefficient (Wildman–Crippen LogP) is 3.33. The fraction of sp³-hybridized carbons (Fsp3) is 0.562. The minimum absolute atomic E-state index is 0.149. The van der Waals surface area contributed by atoms with Crippen molar-refractivity contribution in [1.29, 1.82) is 0 Å². The summed E-state index contributed by atoms with van der Waals surface area (Å²) in [7, 11) is 0. The van der Waals surface area contributed by atoms with E-state index in [-0.39, 0.29) is 11.3 Å². The van der Waals surface area contributed by atoms with Crippen molar-refractivity contribution < 1.29 is 4.79 Å². The van der Waals surface area contributed by atoms with Crippen LogP contribution in [-0.4, -0.2) is 31.3 Å². The molecule has 0 aromatic heterocycles. The largest absolute Gasteiger partial charge is 0.356 e. The Hall–Kier alpha value is -0.710. The van der Waals surface area contributed by atoms with E-state index in [1.54, 1.807) is 11.8 Å². The van der Waals surface area contributed by atoms with Crippen molar-refractivity contribution in [3.05, 3.63) is 29.3 Å². The van der Waals surface area contributed by atoms with Gasteiger partial charge in [-0.05, 0) is 55.6 Å². The maximum absolute atomic E-state index is 11.9. The number of carbonyl (C=O) groups excluding carboxylic acids is 1. The van der Waals surface area contributed by atoms with Gasteiger partial charge in [0.05, 0.1) is 0 Å². The first-order valence-corrected chi connectivity index (χ1v) is 8.80. The number of nitrogens with one attached hydrogen (secondary N) is 2. The number of hydrogen-bond acceptors (Lipinski definition) is 3. The summed E-state index contributed by atoms with van der Waals surface area (Å²) in [4.78, 5) is 13.1. The Bertz CT molecular complexity index is 458. The Balaban J connectivity index is 1.64. The fourth-order valence-electron chi connectivity index (χ4n) is 2.40. The highest BCUT2D eigenvalue weighted by Crippen LogP contribution is 2.26. The molecule has 116 valence electrons. The molecule has 0 unspecified atom stereocenters. The van der Waals surface area contributed by atoms with Crippen LogP contribution >= 0.6 is 23.4 Å². The number of carbonyl (C=O) groups is 1. The molecule has 0 radical (unpaired) electrons. The second-order valence-corrected chi connectivity index (χ2v) is 7.49. The van der Waals surface area contributed by atoms with Gasteiger partial charge in [0.2, 0.25) is 5.91 Å². The van der Waals surface area contributed by atoms with Crippen LogP contribution in [0.5, 0.6) is 0 Å². The van der Waals surface area contributed by atoms with Crippen molar-refractivity contribution in [2.45, 2.75) is 31.1 Å². The van der Waals surface area contributed by atoms with Crippen LogP contribution in [0.1, 0.15) is 26.2 Å². The van der Waals surface area contributed by atoms with Crippen LogP contribution in [0.25, 0.3) is 0 Å². The summed E-state index contributed by atoms with van der Waals surface area (Å²) in [6.07, 6.45) is 2.82. The molecule has 1 fully saturated rings. The molecule has 0 bridgehead atoms. The normalized spacial score (nSPS) is 17.4. The molecule has 1 aromatic carbocycles. The van der Waals surface area contributed by atoms with Gasteiger partial charge in [0, 0.05) is 28.6 Å². The highest BCUT2D eigenvalue weighted by molar-refractivity contribution is 7.99. The third kappa shape index (κ3) is 5.89. The first-order valence-electron chi connectivity index (χ1n) is 7.43. The van der Waals surface area contributed by atoms with E-state index >= 15 is 0 Å². The molecule has 1 aliphatic heterocycles. The molecule has 21 heavy (non-hydrogen) atoms. The minimum Gasteiger partial charge on any atom is -0.356 e. The quantitative estimate of drug-likeness (QED) is 0.788. The number of hydrogen-bond donors (Lipinski definition) is 2. The van der Waals surface area contributed by atoms with Gasteiger partial charge in [0.25, 0.3) is 0 Å². The summed E-state index contributed by atoms with van der Waals surface area (Å²) in [5.41, 5.74) is 0.254. The van der Waals surface area contributed by atoms with Gasteiger partial charge in [-0.25, -0.2) is 0 Å². The Morgan fingerprint density at radius 3 is 2.67 bits per heavy atom. The number of piperidine rings is 1. The lowest BCUT2D eigenvalue weighted by molar-refractivity contribution is -0.121. The van der Waals surface area contributed by atoms with Gasteiger partial charge in [-0.3, -0.25) is 4.79 Å². The lowest BCUT2D eigenvalue weighted by atomic mass is 9.81. The smallest absolute Gasteiger partial charge is 0.220 e. The summed E-state index contributed by atoms with van der Waals surface area (Å²) in [5, 5.41) is 7.19. The molecule has 2 rings (SSSR count). The standard InChI is InChI=1S/C16H23ClN2OS/c1-16(7-9-18-10-8-16)12-19-15(20)6-11-21-14-4-2-13(17)3-5-14/h2-5,18H,6-12H2,1H3,(H,19,20).